The molecule has 0 saturated heterocycles. The van der Waals surface area contributed by atoms with Gasteiger partial charge in [0.2, 0.25) is 0 Å². The van der Waals surface area contributed by atoms with E-state index in [4.69, 9.17) is 4.42 Å². The average molecular weight is 321 g/mol. The summed E-state index contributed by atoms with van der Waals surface area (Å²) in [5.41, 5.74) is 5.81. The molecule has 0 aliphatic heterocycles. The number of furan rings is 1. The summed E-state index contributed by atoms with van der Waals surface area (Å²) in [5.74, 6) is 1.21. The molecule has 0 saturated carbocycles. The van der Waals surface area contributed by atoms with Crippen molar-refractivity contribution in [1.82, 2.24) is 0 Å². The maximum Gasteiger partial charge on any atom is 0.269 e. The zero-order valence-electron chi connectivity index (χ0n) is 13.0. The number of hydrogen-bond donors (Lipinski definition) is 1. The number of hydrogen-bond acceptors (Lipinski definition) is 5. The molecule has 1 aromatic heterocycles. The van der Waals surface area contributed by atoms with Crippen molar-refractivity contribution in [2.24, 2.45) is 5.10 Å². The lowest BCUT2D eigenvalue weighted by Gasteiger charge is -2.02. The van der Waals surface area contributed by atoms with E-state index in [0.717, 1.165) is 16.8 Å². The third kappa shape index (κ3) is 3.49. The van der Waals surface area contributed by atoms with Crippen LogP contribution < -0.4 is 5.43 Å². The smallest absolute Gasteiger partial charge is 0.269 e. The molecule has 0 radical (unpaired) electrons. The van der Waals surface area contributed by atoms with Crippen molar-refractivity contribution in [2.45, 2.75) is 6.92 Å². The first-order chi connectivity index (χ1) is 11.6. The van der Waals surface area contributed by atoms with Gasteiger partial charge < -0.3 is 4.42 Å². The molecule has 6 nitrogen and oxygen atoms in total. The minimum Gasteiger partial charge on any atom is -0.455 e. The molecular weight excluding hydrogens is 306 g/mol. The van der Waals surface area contributed by atoms with Crippen LogP contribution in [0.2, 0.25) is 0 Å². The van der Waals surface area contributed by atoms with Crippen LogP contribution in [0.3, 0.4) is 0 Å². The average Bonchev–Trinajstić information content (AvgIpc) is 3.05. The number of para-hydroxylation sites is 1. The van der Waals surface area contributed by atoms with E-state index < -0.39 is 4.92 Å². The van der Waals surface area contributed by atoms with E-state index in [1.54, 1.807) is 30.5 Å². The highest BCUT2D eigenvalue weighted by atomic mass is 16.6. The van der Waals surface area contributed by atoms with Gasteiger partial charge in [-0.3, -0.25) is 15.5 Å². The SMILES string of the molecule is Cc1ccccc1N/N=C/c1ccc(-c2ccc([N+](=O)[O-])cc2)o1. The highest BCUT2D eigenvalue weighted by Gasteiger charge is 2.07. The first-order valence-corrected chi connectivity index (χ1v) is 7.33. The zero-order chi connectivity index (χ0) is 16.9. The second kappa shape index (κ2) is 6.78. The Balaban J connectivity index is 1.70. The van der Waals surface area contributed by atoms with Gasteiger partial charge in [0.25, 0.3) is 5.69 Å². The molecule has 1 heterocycles. The van der Waals surface area contributed by atoms with Crippen molar-refractivity contribution in [3.63, 3.8) is 0 Å². The Morgan fingerprint density at radius 2 is 1.83 bits per heavy atom. The van der Waals surface area contributed by atoms with Crippen LogP contribution in [0.4, 0.5) is 11.4 Å². The Bertz CT molecular complexity index is 883. The summed E-state index contributed by atoms with van der Waals surface area (Å²) < 4.78 is 5.68. The predicted octanol–water partition coefficient (Wildman–Crippen LogP) is 4.61. The fraction of sp³-hybridized carbons (Fsp3) is 0.0556. The highest BCUT2D eigenvalue weighted by Crippen LogP contribution is 2.24. The summed E-state index contributed by atoms with van der Waals surface area (Å²) in [5, 5.41) is 14.8. The third-order valence-corrected chi connectivity index (χ3v) is 3.51. The number of anilines is 1. The molecule has 0 spiro atoms. The summed E-state index contributed by atoms with van der Waals surface area (Å²) in [4.78, 5) is 10.2. The number of nitrogens with zero attached hydrogens (tertiary/aromatic N) is 2. The number of nitrogens with one attached hydrogen (secondary N) is 1. The van der Waals surface area contributed by atoms with Crippen molar-refractivity contribution in [1.29, 1.82) is 0 Å². The zero-order valence-corrected chi connectivity index (χ0v) is 13.0. The number of nitro benzene ring substituents is 1. The standard InChI is InChI=1S/C18H15N3O3/c1-13-4-2-3-5-17(13)20-19-12-16-10-11-18(24-16)14-6-8-15(9-7-14)21(22)23/h2-12,20H,1H3/b19-12+. The summed E-state index contributed by atoms with van der Waals surface area (Å²) in [6.07, 6.45) is 1.58. The number of non-ortho nitro benzene ring substituents is 1. The first-order valence-electron chi connectivity index (χ1n) is 7.33. The number of rotatable bonds is 5. The molecule has 6 heteroatoms. The number of benzene rings is 2. The van der Waals surface area contributed by atoms with E-state index in [0.29, 0.717) is 11.5 Å². The minimum atomic E-state index is -0.429. The Morgan fingerprint density at radius 3 is 2.54 bits per heavy atom. The van der Waals surface area contributed by atoms with Crippen molar-refractivity contribution < 1.29 is 9.34 Å². The largest absolute Gasteiger partial charge is 0.455 e. The van der Waals surface area contributed by atoms with Crippen molar-refractivity contribution in [3.05, 3.63) is 82.1 Å². The highest BCUT2D eigenvalue weighted by molar-refractivity contribution is 5.78. The van der Waals surface area contributed by atoms with Crippen LogP contribution in [0.5, 0.6) is 0 Å². The summed E-state index contributed by atoms with van der Waals surface area (Å²) in [7, 11) is 0. The second-order valence-electron chi connectivity index (χ2n) is 5.19. The van der Waals surface area contributed by atoms with Crippen molar-refractivity contribution >= 4 is 17.6 Å². The van der Waals surface area contributed by atoms with E-state index in [2.05, 4.69) is 10.5 Å². The molecular formula is C18H15N3O3. The quantitative estimate of drug-likeness (QED) is 0.423. The molecule has 0 unspecified atom stereocenters. The van der Waals surface area contributed by atoms with Crippen molar-refractivity contribution in [3.8, 4) is 11.3 Å². The van der Waals surface area contributed by atoms with Gasteiger partial charge in [0.15, 0.2) is 0 Å². The number of aryl methyl sites for hydroxylation is 1. The van der Waals surface area contributed by atoms with Gasteiger partial charge in [-0.25, -0.2) is 0 Å². The summed E-state index contributed by atoms with van der Waals surface area (Å²) in [6.45, 7) is 2.00. The van der Waals surface area contributed by atoms with Crippen LogP contribution in [0.25, 0.3) is 11.3 Å². The molecule has 3 rings (SSSR count). The fourth-order valence-corrected chi connectivity index (χ4v) is 2.19. The van der Waals surface area contributed by atoms with E-state index >= 15 is 0 Å². The van der Waals surface area contributed by atoms with Gasteiger partial charge >= 0.3 is 0 Å². The van der Waals surface area contributed by atoms with Gasteiger partial charge in [-0.15, -0.1) is 0 Å². The lowest BCUT2D eigenvalue weighted by Crippen LogP contribution is -1.91. The lowest BCUT2D eigenvalue weighted by atomic mass is 10.1. The molecule has 3 aromatic rings. The van der Waals surface area contributed by atoms with Gasteiger partial charge in [0.05, 0.1) is 16.8 Å². The Kier molecular flexibility index (Phi) is 4.38. The molecule has 0 amide bonds. The van der Waals surface area contributed by atoms with Gasteiger partial charge in [0, 0.05) is 17.7 Å². The van der Waals surface area contributed by atoms with E-state index in [9.17, 15) is 10.1 Å². The van der Waals surface area contributed by atoms with E-state index in [1.807, 2.05) is 31.2 Å². The van der Waals surface area contributed by atoms with E-state index in [-0.39, 0.29) is 5.69 Å². The topological polar surface area (TPSA) is 80.7 Å². The normalized spacial score (nSPS) is 10.9. The second-order valence-corrected chi connectivity index (χ2v) is 5.19. The Hall–Kier alpha value is -3.41. The van der Waals surface area contributed by atoms with Crippen LogP contribution >= 0.6 is 0 Å². The maximum absolute atomic E-state index is 10.7. The summed E-state index contributed by atoms with van der Waals surface area (Å²) in [6, 6.07) is 17.6. The fourth-order valence-electron chi connectivity index (χ4n) is 2.19. The number of hydrazone groups is 1. The van der Waals surface area contributed by atoms with Gasteiger partial charge in [-0.2, -0.15) is 5.10 Å². The maximum atomic E-state index is 10.7. The molecule has 24 heavy (non-hydrogen) atoms. The molecule has 120 valence electrons. The molecule has 2 aromatic carbocycles. The predicted molar refractivity (Wildman–Crippen MR) is 93.2 cm³/mol. The molecule has 0 aliphatic carbocycles. The monoisotopic (exact) mass is 321 g/mol. The van der Waals surface area contributed by atoms with E-state index in [1.165, 1.54) is 12.1 Å². The Labute approximate surface area is 138 Å². The van der Waals surface area contributed by atoms with Crippen LogP contribution in [0, 0.1) is 17.0 Å². The van der Waals surface area contributed by atoms with Crippen molar-refractivity contribution in [2.75, 3.05) is 5.43 Å². The minimum absolute atomic E-state index is 0.0505. The van der Waals surface area contributed by atoms with Crippen LogP contribution in [-0.2, 0) is 0 Å². The molecule has 0 fully saturated rings. The lowest BCUT2D eigenvalue weighted by molar-refractivity contribution is -0.384. The van der Waals surface area contributed by atoms with Gasteiger partial charge in [-0.05, 0) is 42.8 Å². The van der Waals surface area contributed by atoms with Gasteiger partial charge in [-0.1, -0.05) is 18.2 Å². The van der Waals surface area contributed by atoms with Gasteiger partial charge in [0.1, 0.15) is 11.5 Å². The first kappa shape index (κ1) is 15.5. The molecule has 0 bridgehead atoms. The molecule has 0 atom stereocenters. The molecule has 0 aliphatic rings. The molecule has 1 N–H and O–H groups in total. The van der Waals surface area contributed by atoms with Crippen LogP contribution in [-0.4, -0.2) is 11.1 Å². The Morgan fingerprint density at radius 1 is 1.08 bits per heavy atom. The van der Waals surface area contributed by atoms with Crippen LogP contribution in [0.15, 0.2) is 70.2 Å². The summed E-state index contributed by atoms with van der Waals surface area (Å²) >= 11 is 0. The number of nitro groups is 1. The van der Waals surface area contributed by atoms with Crippen LogP contribution in [0.1, 0.15) is 11.3 Å². The third-order valence-electron chi connectivity index (χ3n) is 3.51.